The van der Waals surface area contributed by atoms with E-state index < -0.39 is 18.2 Å². The third-order valence-electron chi connectivity index (χ3n) is 2.02. The summed E-state index contributed by atoms with van der Waals surface area (Å²) in [7, 11) is 0. The lowest BCUT2D eigenvalue weighted by Crippen LogP contribution is -2.52. The highest BCUT2D eigenvalue weighted by molar-refractivity contribution is 5.79. The van der Waals surface area contributed by atoms with E-state index in [1.54, 1.807) is 0 Å². The number of hydrogen-bond donors (Lipinski definition) is 4. The predicted octanol–water partition coefficient (Wildman–Crippen LogP) is 1.17. The van der Waals surface area contributed by atoms with Crippen LogP contribution in [0.3, 0.4) is 0 Å². The minimum absolute atomic E-state index is 0.271. The normalized spacial score (nSPS) is 9.30. The molecular formula is C11H22N4O5. The SMILES string of the molecule is CCCCOC(=O)NNC(=O)NNC(=O)OCCCC. The van der Waals surface area contributed by atoms with Crippen molar-refractivity contribution in [1.82, 2.24) is 21.7 Å². The fourth-order valence-electron chi connectivity index (χ4n) is 0.937. The first-order valence-electron chi connectivity index (χ1n) is 6.51. The van der Waals surface area contributed by atoms with Crippen LogP contribution in [-0.4, -0.2) is 31.4 Å². The first-order chi connectivity index (χ1) is 9.60. The van der Waals surface area contributed by atoms with Crippen LogP contribution < -0.4 is 21.7 Å². The molecule has 0 unspecified atom stereocenters. The molecule has 0 aliphatic heterocycles. The summed E-state index contributed by atoms with van der Waals surface area (Å²) < 4.78 is 9.44. The summed E-state index contributed by atoms with van der Waals surface area (Å²) >= 11 is 0. The number of amides is 4. The summed E-state index contributed by atoms with van der Waals surface area (Å²) in [6, 6.07) is -0.829. The van der Waals surface area contributed by atoms with E-state index in [0.29, 0.717) is 0 Å². The maximum Gasteiger partial charge on any atom is 0.426 e. The average molecular weight is 290 g/mol. The Kier molecular flexibility index (Phi) is 10.6. The van der Waals surface area contributed by atoms with Crippen LogP contribution in [0.15, 0.2) is 0 Å². The lowest BCUT2D eigenvalue weighted by molar-refractivity contribution is 0.136. The fourth-order valence-corrected chi connectivity index (χ4v) is 0.937. The van der Waals surface area contributed by atoms with Crippen molar-refractivity contribution in [2.75, 3.05) is 13.2 Å². The summed E-state index contributed by atoms with van der Waals surface area (Å²) in [6.45, 7) is 4.46. The highest BCUT2D eigenvalue weighted by atomic mass is 16.6. The Labute approximate surface area is 117 Å². The van der Waals surface area contributed by atoms with E-state index in [2.05, 4.69) is 0 Å². The zero-order valence-corrected chi connectivity index (χ0v) is 11.8. The van der Waals surface area contributed by atoms with Crippen LogP contribution in [0, 0.1) is 0 Å². The summed E-state index contributed by atoms with van der Waals surface area (Å²) in [4.78, 5) is 33.2. The topological polar surface area (TPSA) is 118 Å². The van der Waals surface area contributed by atoms with Gasteiger partial charge < -0.3 is 9.47 Å². The summed E-state index contributed by atoms with van der Waals surface area (Å²) in [5.41, 5.74) is 7.98. The van der Waals surface area contributed by atoms with Gasteiger partial charge in [-0.15, -0.1) is 0 Å². The number of rotatable bonds is 6. The lowest BCUT2D eigenvalue weighted by atomic mass is 10.4. The number of hydrogen-bond acceptors (Lipinski definition) is 5. The van der Waals surface area contributed by atoms with E-state index in [-0.39, 0.29) is 13.2 Å². The molecule has 0 saturated carbocycles. The Morgan fingerprint density at radius 3 is 1.50 bits per heavy atom. The van der Waals surface area contributed by atoms with Crippen LogP contribution in [0.4, 0.5) is 14.4 Å². The van der Waals surface area contributed by atoms with Gasteiger partial charge >= 0.3 is 18.2 Å². The standard InChI is InChI=1S/C11H22N4O5/c1-3-5-7-19-10(17)14-12-9(16)13-15-11(18)20-8-6-4-2/h3-8H2,1-2H3,(H,14,17)(H,15,18)(H2,12,13,16). The molecule has 0 saturated heterocycles. The Bertz CT molecular complexity index is 283. The first-order valence-corrected chi connectivity index (χ1v) is 6.51. The number of carbonyl (C=O) groups excluding carboxylic acids is 3. The van der Waals surface area contributed by atoms with Gasteiger partial charge in [-0.25, -0.2) is 36.1 Å². The van der Waals surface area contributed by atoms with Gasteiger partial charge in [0.2, 0.25) is 0 Å². The summed E-state index contributed by atoms with van der Waals surface area (Å²) in [5.74, 6) is 0. The zero-order chi connectivity index (χ0) is 15.2. The van der Waals surface area contributed by atoms with Crippen molar-refractivity contribution in [1.29, 1.82) is 0 Å². The van der Waals surface area contributed by atoms with Crippen LogP contribution in [-0.2, 0) is 9.47 Å². The van der Waals surface area contributed by atoms with Crippen molar-refractivity contribution in [3.63, 3.8) is 0 Å². The van der Waals surface area contributed by atoms with E-state index >= 15 is 0 Å². The molecular weight excluding hydrogens is 268 g/mol. The van der Waals surface area contributed by atoms with Gasteiger partial charge in [0.15, 0.2) is 0 Å². The van der Waals surface area contributed by atoms with Crippen LogP contribution in [0.2, 0.25) is 0 Å². The number of carbonyl (C=O) groups is 3. The molecule has 116 valence electrons. The van der Waals surface area contributed by atoms with Crippen molar-refractivity contribution >= 4 is 18.2 Å². The second-order valence-corrected chi connectivity index (χ2v) is 3.81. The van der Waals surface area contributed by atoms with E-state index in [4.69, 9.17) is 9.47 Å². The van der Waals surface area contributed by atoms with Crippen LogP contribution in [0.5, 0.6) is 0 Å². The minimum Gasteiger partial charge on any atom is -0.448 e. The van der Waals surface area contributed by atoms with Crippen molar-refractivity contribution in [3.05, 3.63) is 0 Å². The highest BCUT2D eigenvalue weighted by Crippen LogP contribution is 1.88. The van der Waals surface area contributed by atoms with Crippen molar-refractivity contribution in [2.24, 2.45) is 0 Å². The highest BCUT2D eigenvalue weighted by Gasteiger charge is 2.06. The van der Waals surface area contributed by atoms with Gasteiger partial charge in [0, 0.05) is 0 Å². The van der Waals surface area contributed by atoms with Gasteiger partial charge in [-0.05, 0) is 12.8 Å². The van der Waals surface area contributed by atoms with Gasteiger partial charge in [0.25, 0.3) is 0 Å². The Morgan fingerprint density at radius 1 is 0.750 bits per heavy atom. The Morgan fingerprint density at radius 2 is 1.15 bits per heavy atom. The van der Waals surface area contributed by atoms with Gasteiger partial charge in [0.1, 0.15) is 0 Å². The quantitative estimate of drug-likeness (QED) is 0.432. The Balaban J connectivity index is 3.57. The summed E-state index contributed by atoms with van der Waals surface area (Å²) in [5, 5.41) is 0. The minimum atomic E-state index is -0.829. The summed E-state index contributed by atoms with van der Waals surface area (Å²) in [6.07, 6.45) is 1.71. The molecule has 0 heterocycles. The van der Waals surface area contributed by atoms with Crippen LogP contribution >= 0.6 is 0 Å². The molecule has 9 nitrogen and oxygen atoms in total. The Hall–Kier alpha value is -2.19. The third kappa shape index (κ3) is 10.9. The number of nitrogens with one attached hydrogen (secondary N) is 4. The van der Waals surface area contributed by atoms with Crippen molar-refractivity contribution < 1.29 is 23.9 Å². The number of ether oxygens (including phenoxy) is 2. The van der Waals surface area contributed by atoms with E-state index in [1.807, 2.05) is 35.6 Å². The molecule has 0 fully saturated rings. The van der Waals surface area contributed by atoms with Gasteiger partial charge in [-0.3, -0.25) is 0 Å². The molecule has 0 spiro atoms. The maximum absolute atomic E-state index is 11.1. The molecule has 0 aromatic rings. The molecule has 0 radical (unpaired) electrons. The van der Waals surface area contributed by atoms with Gasteiger partial charge in [0.05, 0.1) is 13.2 Å². The number of hydrazine groups is 2. The molecule has 4 N–H and O–H groups in total. The largest absolute Gasteiger partial charge is 0.448 e. The lowest BCUT2D eigenvalue weighted by Gasteiger charge is -2.10. The predicted molar refractivity (Wildman–Crippen MR) is 70.5 cm³/mol. The number of urea groups is 1. The molecule has 0 aliphatic carbocycles. The van der Waals surface area contributed by atoms with E-state index in [9.17, 15) is 14.4 Å². The van der Waals surface area contributed by atoms with E-state index in [1.165, 1.54) is 0 Å². The third-order valence-corrected chi connectivity index (χ3v) is 2.02. The molecule has 0 aliphatic rings. The molecule has 0 bridgehead atoms. The second-order valence-electron chi connectivity index (χ2n) is 3.81. The van der Waals surface area contributed by atoms with Crippen LogP contribution in [0.25, 0.3) is 0 Å². The monoisotopic (exact) mass is 290 g/mol. The first kappa shape index (κ1) is 17.8. The fraction of sp³-hybridized carbons (Fsp3) is 0.727. The zero-order valence-electron chi connectivity index (χ0n) is 11.8. The van der Waals surface area contributed by atoms with Gasteiger partial charge in [-0.2, -0.15) is 0 Å². The molecule has 0 rings (SSSR count). The van der Waals surface area contributed by atoms with Gasteiger partial charge in [-0.1, -0.05) is 26.7 Å². The number of unbranched alkanes of at least 4 members (excludes halogenated alkanes) is 2. The van der Waals surface area contributed by atoms with Crippen LogP contribution in [0.1, 0.15) is 39.5 Å². The molecule has 0 aromatic carbocycles. The van der Waals surface area contributed by atoms with E-state index in [0.717, 1.165) is 25.7 Å². The molecule has 0 atom stereocenters. The smallest absolute Gasteiger partial charge is 0.426 e. The second kappa shape index (κ2) is 11.9. The molecule has 9 heteroatoms. The molecule has 4 amide bonds. The molecule has 20 heavy (non-hydrogen) atoms. The maximum atomic E-state index is 11.1. The molecule has 0 aromatic heterocycles. The van der Waals surface area contributed by atoms with Crippen molar-refractivity contribution in [3.8, 4) is 0 Å². The van der Waals surface area contributed by atoms with Crippen molar-refractivity contribution in [2.45, 2.75) is 39.5 Å². The average Bonchev–Trinajstić information content (AvgIpc) is 2.43.